The third-order valence-electron chi connectivity index (χ3n) is 3.76. The number of hydrogen-bond donors (Lipinski definition) is 3. The monoisotopic (exact) mass is 321 g/mol. The van der Waals surface area contributed by atoms with Crippen LogP contribution in [0.3, 0.4) is 0 Å². The molecule has 1 atom stereocenters. The molecule has 1 aliphatic rings. The number of nitrogens with one attached hydrogen (secondary N) is 2. The van der Waals surface area contributed by atoms with Gasteiger partial charge in [0.05, 0.1) is 5.92 Å². The molecule has 120 valence electrons. The smallest absolute Gasteiger partial charge is 0.321 e. The number of carbonyl (C=O) groups is 2. The molecule has 22 heavy (non-hydrogen) atoms. The van der Waals surface area contributed by atoms with Crippen molar-refractivity contribution < 1.29 is 9.59 Å². The van der Waals surface area contributed by atoms with Crippen molar-refractivity contribution in [1.29, 1.82) is 0 Å². The summed E-state index contributed by atoms with van der Waals surface area (Å²) in [6.45, 7) is 3.70. The van der Waals surface area contributed by atoms with E-state index in [1.54, 1.807) is 4.90 Å². The maximum atomic E-state index is 12.3. The van der Waals surface area contributed by atoms with Gasteiger partial charge in [0.25, 0.3) is 0 Å². The fourth-order valence-electron chi connectivity index (χ4n) is 2.62. The molecule has 6 heteroatoms. The number of thiol groups is 1. The van der Waals surface area contributed by atoms with Crippen molar-refractivity contribution in [2.24, 2.45) is 5.92 Å². The number of amides is 3. The molecule has 3 amide bonds. The summed E-state index contributed by atoms with van der Waals surface area (Å²) in [7, 11) is 0. The van der Waals surface area contributed by atoms with Gasteiger partial charge in [-0.25, -0.2) is 4.79 Å². The molecule has 5 nitrogen and oxygen atoms in total. The largest absolute Gasteiger partial charge is 0.355 e. The van der Waals surface area contributed by atoms with Gasteiger partial charge in [-0.15, -0.1) is 0 Å². The van der Waals surface area contributed by atoms with Crippen LogP contribution < -0.4 is 10.6 Å². The second-order valence-corrected chi connectivity index (χ2v) is 6.05. The minimum absolute atomic E-state index is 0.0158. The predicted molar refractivity (Wildman–Crippen MR) is 91.4 cm³/mol. The Morgan fingerprint density at radius 3 is 2.95 bits per heavy atom. The molecule has 2 N–H and O–H groups in total. The Labute approximate surface area is 136 Å². The van der Waals surface area contributed by atoms with Gasteiger partial charge in [0.15, 0.2) is 0 Å². The van der Waals surface area contributed by atoms with Crippen LogP contribution in [0.2, 0.25) is 0 Å². The van der Waals surface area contributed by atoms with Crippen molar-refractivity contribution in [1.82, 2.24) is 10.2 Å². The maximum absolute atomic E-state index is 12.3. The van der Waals surface area contributed by atoms with Crippen LogP contribution in [0.25, 0.3) is 0 Å². The van der Waals surface area contributed by atoms with Crippen molar-refractivity contribution in [3.63, 3.8) is 0 Å². The Morgan fingerprint density at radius 2 is 2.23 bits per heavy atom. The highest BCUT2D eigenvalue weighted by molar-refractivity contribution is 7.80. The predicted octanol–water partition coefficient (Wildman–Crippen LogP) is 2.28. The van der Waals surface area contributed by atoms with Gasteiger partial charge in [0.2, 0.25) is 5.91 Å². The van der Waals surface area contributed by atoms with Gasteiger partial charge in [0.1, 0.15) is 0 Å². The van der Waals surface area contributed by atoms with Crippen LogP contribution >= 0.6 is 12.6 Å². The minimum Gasteiger partial charge on any atom is -0.355 e. The molecule has 1 fully saturated rings. The number of aryl methyl sites for hydroxylation is 1. The first-order valence-corrected chi connectivity index (χ1v) is 8.24. The van der Waals surface area contributed by atoms with E-state index in [1.807, 2.05) is 31.2 Å². The number of rotatable bonds is 4. The lowest BCUT2D eigenvalue weighted by atomic mass is 9.97. The molecule has 0 aliphatic carbocycles. The molecule has 0 bridgehead atoms. The zero-order chi connectivity index (χ0) is 15.9. The Kier molecular flexibility index (Phi) is 6.12. The first-order valence-electron chi connectivity index (χ1n) is 7.61. The van der Waals surface area contributed by atoms with E-state index < -0.39 is 0 Å². The summed E-state index contributed by atoms with van der Waals surface area (Å²) < 4.78 is 0. The average molecular weight is 321 g/mol. The highest BCUT2D eigenvalue weighted by Gasteiger charge is 2.28. The van der Waals surface area contributed by atoms with E-state index in [0.717, 1.165) is 24.1 Å². The third kappa shape index (κ3) is 4.66. The molecule has 2 rings (SSSR count). The average Bonchev–Trinajstić information content (AvgIpc) is 2.52. The molecule has 0 radical (unpaired) electrons. The van der Waals surface area contributed by atoms with E-state index in [0.29, 0.717) is 25.4 Å². The van der Waals surface area contributed by atoms with Gasteiger partial charge in [-0.3, -0.25) is 4.79 Å². The van der Waals surface area contributed by atoms with Crippen molar-refractivity contribution in [3.8, 4) is 0 Å². The Balaban J connectivity index is 1.91. The number of benzene rings is 1. The van der Waals surface area contributed by atoms with Crippen molar-refractivity contribution in [2.45, 2.75) is 19.8 Å². The highest BCUT2D eigenvalue weighted by atomic mass is 32.1. The molecular formula is C16H23N3O2S. The van der Waals surface area contributed by atoms with Crippen LogP contribution in [0.15, 0.2) is 24.3 Å². The molecule has 0 spiro atoms. The summed E-state index contributed by atoms with van der Waals surface area (Å²) in [6.07, 6.45) is 1.67. The van der Waals surface area contributed by atoms with Crippen LogP contribution in [0, 0.1) is 12.8 Å². The summed E-state index contributed by atoms with van der Waals surface area (Å²) in [5.41, 5.74) is 1.88. The van der Waals surface area contributed by atoms with E-state index in [1.165, 1.54) is 0 Å². The van der Waals surface area contributed by atoms with Gasteiger partial charge < -0.3 is 15.5 Å². The van der Waals surface area contributed by atoms with E-state index in [4.69, 9.17) is 0 Å². The number of anilines is 1. The first-order chi connectivity index (χ1) is 10.6. The number of carbonyl (C=O) groups excluding carboxylic acids is 2. The van der Waals surface area contributed by atoms with Crippen molar-refractivity contribution in [2.75, 3.05) is 30.7 Å². The summed E-state index contributed by atoms with van der Waals surface area (Å²) in [5.74, 6) is 0.509. The van der Waals surface area contributed by atoms with Crippen LogP contribution in [0.4, 0.5) is 10.5 Å². The molecule has 1 aromatic carbocycles. The summed E-state index contributed by atoms with van der Waals surface area (Å²) >= 11 is 4.08. The fourth-order valence-corrected chi connectivity index (χ4v) is 2.74. The number of nitrogens with zero attached hydrogens (tertiary/aromatic N) is 1. The first kappa shape index (κ1) is 16.7. The second-order valence-electron chi connectivity index (χ2n) is 5.60. The van der Waals surface area contributed by atoms with Crippen LogP contribution in [-0.4, -0.2) is 42.2 Å². The van der Waals surface area contributed by atoms with Crippen LogP contribution in [-0.2, 0) is 4.79 Å². The molecule has 0 aromatic heterocycles. The van der Waals surface area contributed by atoms with Crippen LogP contribution in [0.5, 0.6) is 0 Å². The van der Waals surface area contributed by atoms with Crippen LogP contribution in [0.1, 0.15) is 18.4 Å². The quantitative estimate of drug-likeness (QED) is 0.745. The fraction of sp³-hybridized carbons (Fsp3) is 0.500. The Bertz CT molecular complexity index is 536. The molecule has 1 saturated heterocycles. The second kappa shape index (κ2) is 8.08. The number of likely N-dealkylation sites (tertiary alicyclic amines) is 1. The molecule has 1 aromatic rings. The number of hydrogen-bond acceptors (Lipinski definition) is 3. The van der Waals surface area contributed by atoms with Gasteiger partial charge >= 0.3 is 6.03 Å². The zero-order valence-electron chi connectivity index (χ0n) is 12.8. The summed E-state index contributed by atoms with van der Waals surface area (Å²) in [6, 6.07) is 7.55. The van der Waals surface area contributed by atoms with Gasteiger partial charge in [-0.1, -0.05) is 12.1 Å². The lowest BCUT2D eigenvalue weighted by Gasteiger charge is -2.32. The zero-order valence-corrected chi connectivity index (χ0v) is 13.7. The number of urea groups is 1. The van der Waals surface area contributed by atoms with E-state index >= 15 is 0 Å². The Morgan fingerprint density at radius 1 is 1.41 bits per heavy atom. The maximum Gasteiger partial charge on any atom is 0.321 e. The Hall–Kier alpha value is -1.69. The molecular weight excluding hydrogens is 298 g/mol. The molecule has 1 unspecified atom stereocenters. The topological polar surface area (TPSA) is 61.4 Å². The van der Waals surface area contributed by atoms with Crippen molar-refractivity contribution >= 4 is 30.3 Å². The molecule has 1 aliphatic heterocycles. The lowest BCUT2D eigenvalue weighted by molar-refractivity contribution is -0.126. The molecule has 1 heterocycles. The van der Waals surface area contributed by atoms with Crippen molar-refractivity contribution in [3.05, 3.63) is 29.8 Å². The highest BCUT2D eigenvalue weighted by Crippen LogP contribution is 2.18. The van der Waals surface area contributed by atoms with Gasteiger partial charge in [-0.05, 0) is 37.5 Å². The summed E-state index contributed by atoms with van der Waals surface area (Å²) in [5, 5.41) is 5.74. The lowest BCUT2D eigenvalue weighted by Crippen LogP contribution is -2.47. The van der Waals surface area contributed by atoms with E-state index in [9.17, 15) is 9.59 Å². The van der Waals surface area contributed by atoms with Gasteiger partial charge in [0, 0.05) is 31.1 Å². The van der Waals surface area contributed by atoms with Gasteiger partial charge in [-0.2, -0.15) is 12.6 Å². The number of piperidine rings is 1. The van der Waals surface area contributed by atoms with E-state index in [-0.39, 0.29) is 17.9 Å². The minimum atomic E-state index is -0.141. The third-order valence-corrected chi connectivity index (χ3v) is 3.98. The van der Waals surface area contributed by atoms with E-state index in [2.05, 4.69) is 23.3 Å². The standard InChI is InChI=1S/C16H23N3O2S/c1-12-4-2-6-14(10-12)18-16(21)19-8-3-5-13(11-19)15(20)17-7-9-22/h2,4,6,10,13,22H,3,5,7-9,11H2,1H3,(H,17,20)(H,18,21). The SMILES string of the molecule is Cc1cccc(NC(=O)N2CCCC(C(=O)NCCS)C2)c1. The molecule has 0 saturated carbocycles. The normalized spacial score (nSPS) is 17.9. The summed E-state index contributed by atoms with van der Waals surface area (Å²) in [4.78, 5) is 26.1.